The van der Waals surface area contributed by atoms with E-state index in [4.69, 9.17) is 4.74 Å². The molecule has 0 spiro atoms. The molecule has 1 saturated heterocycles. The maximum atomic E-state index is 10.8. The highest BCUT2D eigenvalue weighted by atomic mass is 16.6. The summed E-state index contributed by atoms with van der Waals surface area (Å²) in [4.78, 5) is 10.5. The Morgan fingerprint density at radius 1 is 1.55 bits per heavy atom. The van der Waals surface area contributed by atoms with Crippen LogP contribution in [0, 0.1) is 10.1 Å². The second kappa shape index (κ2) is 6.33. The van der Waals surface area contributed by atoms with Gasteiger partial charge < -0.3 is 10.1 Å². The van der Waals surface area contributed by atoms with Crippen molar-refractivity contribution in [1.29, 1.82) is 0 Å². The summed E-state index contributed by atoms with van der Waals surface area (Å²) in [6.45, 7) is 5.79. The van der Waals surface area contributed by atoms with Gasteiger partial charge in [-0.3, -0.25) is 10.1 Å². The lowest BCUT2D eigenvalue weighted by Gasteiger charge is -2.27. The second-order valence-corrected chi connectivity index (χ2v) is 5.60. The van der Waals surface area contributed by atoms with Crippen LogP contribution in [0.25, 0.3) is 0 Å². The molecule has 2 unspecified atom stereocenters. The Balaban J connectivity index is 2.04. The maximum Gasteiger partial charge on any atom is 0.269 e. The van der Waals surface area contributed by atoms with Crippen molar-refractivity contribution in [2.45, 2.75) is 44.8 Å². The lowest BCUT2D eigenvalue weighted by molar-refractivity contribution is -0.384. The summed E-state index contributed by atoms with van der Waals surface area (Å²) >= 11 is 0. The Kier molecular flexibility index (Phi) is 4.73. The number of rotatable bonds is 6. The van der Waals surface area contributed by atoms with Crippen molar-refractivity contribution in [2.24, 2.45) is 0 Å². The van der Waals surface area contributed by atoms with Crippen molar-refractivity contribution in [1.82, 2.24) is 5.32 Å². The maximum absolute atomic E-state index is 10.8. The van der Waals surface area contributed by atoms with E-state index in [1.165, 1.54) is 6.07 Å². The first kappa shape index (κ1) is 14.9. The Bertz CT molecular complexity index is 470. The molecule has 5 heteroatoms. The number of benzene rings is 1. The highest BCUT2D eigenvalue weighted by molar-refractivity contribution is 5.35. The monoisotopic (exact) mass is 278 g/mol. The number of non-ortho nitro benzene ring substituents is 1. The van der Waals surface area contributed by atoms with Gasteiger partial charge in [-0.25, -0.2) is 0 Å². The van der Waals surface area contributed by atoms with Crippen LogP contribution in [0.3, 0.4) is 0 Å². The van der Waals surface area contributed by atoms with Crippen molar-refractivity contribution in [3.63, 3.8) is 0 Å². The zero-order valence-corrected chi connectivity index (χ0v) is 12.1. The SMILES string of the molecule is CCC(NCC1(C)CCCO1)c1cccc([N+](=O)[O-])c1. The fourth-order valence-electron chi connectivity index (χ4n) is 2.67. The molecule has 0 saturated carbocycles. The van der Waals surface area contributed by atoms with Gasteiger partial charge in [0.15, 0.2) is 0 Å². The number of hydrogen-bond acceptors (Lipinski definition) is 4. The minimum absolute atomic E-state index is 0.103. The van der Waals surface area contributed by atoms with E-state index in [2.05, 4.69) is 19.2 Å². The first-order valence-corrected chi connectivity index (χ1v) is 7.16. The standard InChI is InChI=1S/C15H22N2O3/c1-3-14(16-11-15(2)8-5-9-20-15)12-6-4-7-13(10-12)17(18)19/h4,6-7,10,14,16H,3,5,8-9,11H2,1-2H3. The molecule has 1 aliphatic rings. The van der Waals surface area contributed by atoms with Crippen molar-refractivity contribution >= 4 is 5.69 Å². The summed E-state index contributed by atoms with van der Waals surface area (Å²) in [5, 5.41) is 14.3. The molecular weight excluding hydrogens is 256 g/mol. The first-order chi connectivity index (χ1) is 9.54. The topological polar surface area (TPSA) is 64.4 Å². The molecule has 0 radical (unpaired) electrons. The average molecular weight is 278 g/mol. The number of ether oxygens (including phenoxy) is 1. The summed E-state index contributed by atoms with van der Waals surface area (Å²) < 4.78 is 5.76. The van der Waals surface area contributed by atoms with Crippen LogP contribution in [0.15, 0.2) is 24.3 Å². The lowest BCUT2D eigenvalue weighted by atomic mass is 9.99. The van der Waals surface area contributed by atoms with Crippen molar-refractivity contribution in [3.8, 4) is 0 Å². The molecule has 20 heavy (non-hydrogen) atoms. The third-order valence-electron chi connectivity index (χ3n) is 3.91. The van der Waals surface area contributed by atoms with E-state index in [1.807, 2.05) is 6.07 Å². The normalized spacial score (nSPS) is 23.7. The Morgan fingerprint density at radius 2 is 2.35 bits per heavy atom. The minimum Gasteiger partial charge on any atom is -0.374 e. The second-order valence-electron chi connectivity index (χ2n) is 5.60. The number of nitrogens with zero attached hydrogens (tertiary/aromatic N) is 1. The van der Waals surface area contributed by atoms with Gasteiger partial charge in [0.2, 0.25) is 0 Å². The van der Waals surface area contributed by atoms with Crippen LogP contribution in [0.1, 0.15) is 44.7 Å². The molecule has 0 bridgehead atoms. The first-order valence-electron chi connectivity index (χ1n) is 7.16. The zero-order chi connectivity index (χ0) is 14.6. The Labute approximate surface area is 119 Å². The molecule has 0 aliphatic carbocycles. The summed E-state index contributed by atoms with van der Waals surface area (Å²) in [6.07, 6.45) is 3.05. The quantitative estimate of drug-likeness (QED) is 0.641. The molecule has 1 aromatic rings. The number of nitro groups is 1. The van der Waals surface area contributed by atoms with Crippen molar-refractivity contribution < 1.29 is 9.66 Å². The van der Waals surface area contributed by atoms with E-state index < -0.39 is 0 Å². The van der Waals surface area contributed by atoms with Gasteiger partial charge in [0.25, 0.3) is 5.69 Å². The van der Waals surface area contributed by atoms with E-state index >= 15 is 0 Å². The van der Waals surface area contributed by atoms with E-state index in [-0.39, 0.29) is 22.3 Å². The van der Waals surface area contributed by atoms with Crippen LogP contribution in [0.5, 0.6) is 0 Å². The molecule has 1 aliphatic heterocycles. The molecule has 5 nitrogen and oxygen atoms in total. The average Bonchev–Trinajstić information content (AvgIpc) is 2.87. The molecule has 110 valence electrons. The third kappa shape index (κ3) is 3.55. The smallest absolute Gasteiger partial charge is 0.269 e. The van der Waals surface area contributed by atoms with E-state index in [9.17, 15) is 10.1 Å². The molecule has 0 aromatic heterocycles. The van der Waals surface area contributed by atoms with E-state index in [0.29, 0.717) is 0 Å². The van der Waals surface area contributed by atoms with Crippen molar-refractivity contribution in [2.75, 3.05) is 13.2 Å². The molecule has 2 atom stereocenters. The molecule has 0 amide bonds. The molecule has 1 aromatic carbocycles. The molecule has 1 fully saturated rings. The van der Waals surface area contributed by atoms with Gasteiger partial charge in [0.1, 0.15) is 0 Å². The summed E-state index contributed by atoms with van der Waals surface area (Å²) in [5.74, 6) is 0. The van der Waals surface area contributed by atoms with Crippen LogP contribution in [0.4, 0.5) is 5.69 Å². The number of nitrogens with one attached hydrogen (secondary N) is 1. The predicted molar refractivity (Wildman–Crippen MR) is 77.7 cm³/mol. The van der Waals surface area contributed by atoms with Crippen LogP contribution < -0.4 is 5.32 Å². The Hall–Kier alpha value is -1.46. The fourth-order valence-corrected chi connectivity index (χ4v) is 2.67. The summed E-state index contributed by atoms with van der Waals surface area (Å²) in [6, 6.07) is 6.98. The van der Waals surface area contributed by atoms with E-state index in [0.717, 1.165) is 38.0 Å². The fraction of sp³-hybridized carbons (Fsp3) is 0.600. The third-order valence-corrected chi connectivity index (χ3v) is 3.91. The van der Waals surface area contributed by atoms with Crippen molar-refractivity contribution in [3.05, 3.63) is 39.9 Å². The van der Waals surface area contributed by atoms with Gasteiger partial charge in [-0.2, -0.15) is 0 Å². The van der Waals surface area contributed by atoms with Gasteiger partial charge in [-0.05, 0) is 31.7 Å². The number of hydrogen-bond donors (Lipinski definition) is 1. The van der Waals surface area contributed by atoms with Gasteiger partial charge in [-0.15, -0.1) is 0 Å². The number of nitro benzene ring substituents is 1. The largest absolute Gasteiger partial charge is 0.374 e. The van der Waals surface area contributed by atoms with Gasteiger partial charge in [0, 0.05) is 31.3 Å². The van der Waals surface area contributed by atoms with Gasteiger partial charge in [-0.1, -0.05) is 19.1 Å². The predicted octanol–water partition coefficient (Wildman–Crippen LogP) is 3.20. The summed E-state index contributed by atoms with van der Waals surface area (Å²) in [5.41, 5.74) is 1.00. The minimum atomic E-state index is -0.350. The zero-order valence-electron chi connectivity index (χ0n) is 12.1. The van der Waals surface area contributed by atoms with Gasteiger partial charge in [0.05, 0.1) is 10.5 Å². The van der Waals surface area contributed by atoms with Crippen LogP contribution >= 0.6 is 0 Å². The molecule has 1 heterocycles. The summed E-state index contributed by atoms with van der Waals surface area (Å²) in [7, 11) is 0. The molecule has 1 N–H and O–H groups in total. The van der Waals surface area contributed by atoms with Crippen LogP contribution in [-0.2, 0) is 4.74 Å². The van der Waals surface area contributed by atoms with Crippen LogP contribution in [0.2, 0.25) is 0 Å². The Morgan fingerprint density at radius 3 is 2.95 bits per heavy atom. The molecular formula is C15H22N2O3. The lowest BCUT2D eigenvalue weighted by Crippen LogP contribution is -2.38. The highest BCUT2D eigenvalue weighted by Gasteiger charge is 2.30. The van der Waals surface area contributed by atoms with Crippen LogP contribution in [-0.4, -0.2) is 23.7 Å². The molecule has 2 rings (SSSR count). The highest BCUT2D eigenvalue weighted by Crippen LogP contribution is 2.26. The van der Waals surface area contributed by atoms with E-state index in [1.54, 1.807) is 12.1 Å². The van der Waals surface area contributed by atoms with Gasteiger partial charge >= 0.3 is 0 Å².